The zero-order chi connectivity index (χ0) is 28.9. The van der Waals surface area contributed by atoms with Gasteiger partial charge in [0.2, 0.25) is 15.9 Å². The van der Waals surface area contributed by atoms with Crippen molar-refractivity contribution >= 4 is 38.0 Å². The van der Waals surface area contributed by atoms with Gasteiger partial charge in [-0.15, -0.1) is 5.10 Å². The van der Waals surface area contributed by atoms with Crippen molar-refractivity contribution in [3.63, 3.8) is 0 Å². The van der Waals surface area contributed by atoms with Crippen molar-refractivity contribution in [3.8, 4) is 11.3 Å². The number of pyridine rings is 1. The monoisotopic (exact) mass is 576 g/mol. The normalized spacial score (nSPS) is 15.5. The van der Waals surface area contributed by atoms with Gasteiger partial charge in [0, 0.05) is 39.1 Å². The number of carbonyl (C=O) groups excluding carboxylic acids is 1. The number of nitrogens with zero attached hydrogens (tertiary/aromatic N) is 7. The highest BCUT2D eigenvalue weighted by molar-refractivity contribution is 7.89. The summed E-state index contributed by atoms with van der Waals surface area (Å²) < 4.78 is 37.2. The molecule has 6 rings (SSSR count). The molecule has 1 aliphatic heterocycles. The van der Waals surface area contributed by atoms with Crippen LogP contribution in [0.2, 0.25) is 0 Å². The highest BCUT2D eigenvalue weighted by Crippen LogP contribution is 2.42. The molecule has 1 aromatic carbocycles. The summed E-state index contributed by atoms with van der Waals surface area (Å²) in [7, 11) is -0.0476. The Kier molecular flexibility index (Phi) is 6.86. The molecule has 5 aromatic rings. The quantitative estimate of drug-likeness (QED) is 0.312. The van der Waals surface area contributed by atoms with E-state index < -0.39 is 15.9 Å². The predicted molar refractivity (Wildman–Crippen MR) is 154 cm³/mol. The molecule has 12 nitrogen and oxygen atoms in total. The second-order valence-electron chi connectivity index (χ2n) is 10.7. The van der Waals surface area contributed by atoms with Crippen LogP contribution in [0.3, 0.4) is 0 Å². The summed E-state index contributed by atoms with van der Waals surface area (Å²) in [4.78, 5) is 17.8. The molecule has 5 heterocycles. The average Bonchev–Trinajstić information content (AvgIpc) is 3.55. The van der Waals surface area contributed by atoms with Crippen LogP contribution in [0.1, 0.15) is 35.8 Å². The summed E-state index contributed by atoms with van der Waals surface area (Å²) in [6.07, 6.45) is 4.30. The van der Waals surface area contributed by atoms with E-state index in [4.69, 9.17) is 14.8 Å². The van der Waals surface area contributed by atoms with Crippen LogP contribution >= 0.6 is 0 Å². The summed E-state index contributed by atoms with van der Waals surface area (Å²) in [6, 6.07) is 12.3. The third kappa shape index (κ3) is 4.99. The number of aromatic nitrogens is 7. The lowest BCUT2D eigenvalue weighted by Gasteiger charge is -2.33. The first kappa shape index (κ1) is 27.1. The van der Waals surface area contributed by atoms with Crippen molar-refractivity contribution in [3.05, 3.63) is 59.5 Å². The Bertz CT molecular complexity index is 1850. The van der Waals surface area contributed by atoms with E-state index in [9.17, 15) is 13.2 Å². The molecule has 0 spiro atoms. The number of fused-ring (bicyclic) bond motifs is 3. The minimum atomic E-state index is -3.72. The van der Waals surface area contributed by atoms with Crippen LogP contribution in [-0.2, 0) is 40.1 Å². The lowest BCUT2D eigenvalue weighted by molar-refractivity contribution is -0.118. The summed E-state index contributed by atoms with van der Waals surface area (Å²) >= 11 is 0. The van der Waals surface area contributed by atoms with E-state index in [1.807, 2.05) is 45.4 Å². The molecule has 0 aliphatic carbocycles. The molecule has 1 fully saturated rings. The number of amides is 1. The van der Waals surface area contributed by atoms with Crippen molar-refractivity contribution in [2.75, 3.05) is 19.5 Å². The molecule has 1 unspecified atom stereocenters. The van der Waals surface area contributed by atoms with Gasteiger partial charge in [-0.05, 0) is 37.3 Å². The summed E-state index contributed by atoms with van der Waals surface area (Å²) in [5.74, 6) is -0.400. The largest absolute Gasteiger partial charge is 0.381 e. The number of hydrogen-bond acceptors (Lipinski definition) is 8. The minimum Gasteiger partial charge on any atom is -0.381 e. The fraction of sp³-hybridized carbons (Fsp3) is 0.393. The molecule has 1 saturated heterocycles. The van der Waals surface area contributed by atoms with Gasteiger partial charge in [0.25, 0.3) is 0 Å². The Morgan fingerprint density at radius 3 is 2.51 bits per heavy atom. The maximum Gasteiger partial charge on any atom is 0.239 e. The van der Waals surface area contributed by atoms with E-state index in [0.717, 1.165) is 63.7 Å². The molecular weight excluding hydrogens is 544 g/mol. The zero-order valence-corrected chi connectivity index (χ0v) is 24.2. The first-order chi connectivity index (χ1) is 19.6. The van der Waals surface area contributed by atoms with Crippen LogP contribution in [0, 0.1) is 12.8 Å². The van der Waals surface area contributed by atoms with Crippen LogP contribution in [0.5, 0.6) is 0 Å². The third-order valence-corrected chi connectivity index (χ3v) is 8.31. The molecule has 4 aromatic heterocycles. The number of ether oxygens (including phenoxy) is 1. The maximum atomic E-state index is 12.8. The summed E-state index contributed by atoms with van der Waals surface area (Å²) in [6.45, 7) is 3.24. The Morgan fingerprint density at radius 2 is 1.85 bits per heavy atom. The van der Waals surface area contributed by atoms with Gasteiger partial charge in [0.05, 0.1) is 46.8 Å². The molecule has 13 heteroatoms. The first-order valence-electron chi connectivity index (χ1n) is 13.5. The second kappa shape index (κ2) is 10.4. The van der Waals surface area contributed by atoms with E-state index in [1.165, 1.54) is 0 Å². The van der Waals surface area contributed by atoms with E-state index in [-0.39, 0.29) is 18.4 Å². The van der Waals surface area contributed by atoms with Crippen LogP contribution in [-0.4, -0.2) is 68.1 Å². The van der Waals surface area contributed by atoms with Crippen molar-refractivity contribution < 1.29 is 17.9 Å². The molecule has 0 radical (unpaired) electrons. The van der Waals surface area contributed by atoms with Crippen LogP contribution in [0.15, 0.2) is 42.6 Å². The molecule has 1 atom stereocenters. The molecule has 214 valence electrons. The number of carbonyl (C=O) groups is 1. The highest BCUT2D eigenvalue weighted by Gasteiger charge is 2.33. The summed E-state index contributed by atoms with van der Waals surface area (Å²) in [5.41, 5.74) is 7.30. The third-order valence-electron chi connectivity index (χ3n) is 7.71. The van der Waals surface area contributed by atoms with Crippen molar-refractivity contribution in [1.29, 1.82) is 0 Å². The number of sulfonamides is 1. The molecule has 1 N–H and O–H groups in total. The van der Waals surface area contributed by atoms with E-state index in [2.05, 4.69) is 37.8 Å². The topological polar surface area (TPSA) is 139 Å². The number of benzene rings is 1. The molecule has 0 bridgehead atoms. The van der Waals surface area contributed by atoms with Gasteiger partial charge < -0.3 is 9.30 Å². The fourth-order valence-corrected chi connectivity index (χ4v) is 6.61. The number of hydrogen-bond donors (Lipinski definition) is 1. The molecule has 0 saturated carbocycles. The highest BCUT2D eigenvalue weighted by atomic mass is 32.2. The molecule has 1 aliphatic rings. The molecule has 41 heavy (non-hydrogen) atoms. The Morgan fingerprint density at radius 1 is 1.12 bits per heavy atom. The van der Waals surface area contributed by atoms with E-state index in [1.54, 1.807) is 9.36 Å². The van der Waals surface area contributed by atoms with E-state index >= 15 is 0 Å². The van der Waals surface area contributed by atoms with Gasteiger partial charge in [-0.2, -0.15) is 5.10 Å². The second-order valence-corrected chi connectivity index (χ2v) is 12.4. The fourth-order valence-electron chi connectivity index (χ4n) is 6.13. The van der Waals surface area contributed by atoms with Gasteiger partial charge in [-0.1, -0.05) is 35.5 Å². The maximum absolute atomic E-state index is 12.8. The van der Waals surface area contributed by atoms with Gasteiger partial charge >= 0.3 is 0 Å². The molecular formula is C28H32N8O4S. The standard InChI is InChI=1S/C28H32N8O4S/c1-17-25(35(3)33-30-17)20-14-22-24(29-16-20)28-27(21(31-34(28)2)15-23(37)32-41(4,38)39)36(22)26(18-8-6-5-7-9-18)19-10-12-40-13-11-19/h5-9,14,16,19,26H,10-13,15H2,1-4H3,(H,32,37). The SMILES string of the molecule is Cc1nnn(C)c1-c1cnc2c3c(c(CC(=O)NS(C)(=O)=O)nn3C)n(C(c3ccccc3)C3CCOCC3)c2c1. The number of aryl methyl sites for hydroxylation is 3. The van der Waals surface area contributed by atoms with Gasteiger partial charge in [0.1, 0.15) is 11.0 Å². The first-order valence-corrected chi connectivity index (χ1v) is 15.4. The Labute approximate surface area is 237 Å². The smallest absolute Gasteiger partial charge is 0.239 e. The Hall–Kier alpha value is -4.10. The van der Waals surface area contributed by atoms with E-state index in [0.29, 0.717) is 18.9 Å². The average molecular weight is 577 g/mol. The lowest BCUT2D eigenvalue weighted by atomic mass is 9.86. The lowest BCUT2D eigenvalue weighted by Crippen LogP contribution is -2.31. The minimum absolute atomic E-state index is 0.108. The van der Waals surface area contributed by atoms with Crippen LogP contribution < -0.4 is 4.72 Å². The van der Waals surface area contributed by atoms with Crippen molar-refractivity contribution in [2.24, 2.45) is 20.0 Å². The van der Waals surface area contributed by atoms with Gasteiger partial charge in [-0.3, -0.25) is 19.2 Å². The Balaban J connectivity index is 1.66. The van der Waals surface area contributed by atoms with Gasteiger partial charge in [-0.25, -0.2) is 13.1 Å². The van der Waals surface area contributed by atoms with Crippen LogP contribution in [0.25, 0.3) is 33.3 Å². The summed E-state index contributed by atoms with van der Waals surface area (Å²) in [5, 5.41) is 13.1. The predicted octanol–water partition coefficient (Wildman–Crippen LogP) is 2.66. The number of nitrogens with one attached hydrogen (secondary N) is 1. The van der Waals surface area contributed by atoms with Crippen molar-refractivity contribution in [1.82, 2.24) is 39.0 Å². The number of rotatable bonds is 7. The van der Waals surface area contributed by atoms with Crippen LogP contribution in [0.4, 0.5) is 0 Å². The zero-order valence-electron chi connectivity index (χ0n) is 23.4. The van der Waals surface area contributed by atoms with Crippen molar-refractivity contribution in [2.45, 2.75) is 32.2 Å². The molecule has 1 amide bonds. The van der Waals surface area contributed by atoms with Gasteiger partial charge in [0.15, 0.2) is 0 Å².